The van der Waals surface area contributed by atoms with Crippen molar-refractivity contribution < 1.29 is 0 Å². The molecule has 1 aliphatic carbocycles. The molecule has 0 bridgehead atoms. The summed E-state index contributed by atoms with van der Waals surface area (Å²) in [5, 5.41) is 2.64. The number of hydrogen-bond donors (Lipinski definition) is 0. The van der Waals surface area contributed by atoms with Crippen molar-refractivity contribution >= 4 is 48.6 Å². The molecule has 0 amide bonds. The van der Waals surface area contributed by atoms with Gasteiger partial charge in [-0.2, -0.15) is 0 Å². The van der Waals surface area contributed by atoms with Crippen molar-refractivity contribution in [1.82, 2.24) is 0 Å². The molecule has 0 radical (unpaired) electrons. The molecule has 280 valence electrons. The lowest BCUT2D eigenvalue weighted by Crippen LogP contribution is -2.14. The molecule has 9 aromatic carbocycles. The summed E-state index contributed by atoms with van der Waals surface area (Å²) in [6.07, 6.45) is 0. The van der Waals surface area contributed by atoms with Crippen LogP contribution < -0.4 is 4.90 Å². The third-order valence-electron chi connectivity index (χ3n) is 12.3. The zero-order valence-electron chi connectivity index (χ0n) is 33.1. The Morgan fingerprint density at radius 1 is 0.356 bits per heavy atom. The average Bonchev–Trinajstić information content (AvgIpc) is 3.79. The van der Waals surface area contributed by atoms with Gasteiger partial charge in [-0.25, -0.2) is 0 Å². The molecule has 0 N–H and O–H groups in total. The number of hydrogen-bond acceptors (Lipinski definition) is 2. The first-order valence-electron chi connectivity index (χ1n) is 20.4. The van der Waals surface area contributed by atoms with Gasteiger partial charge < -0.3 is 4.90 Å². The summed E-state index contributed by atoms with van der Waals surface area (Å²) in [5.74, 6) is 0. The first-order valence-corrected chi connectivity index (χ1v) is 21.2. The Labute approximate surface area is 350 Å². The molecule has 0 saturated heterocycles. The molecule has 11 rings (SSSR count). The first kappa shape index (κ1) is 35.2. The van der Waals surface area contributed by atoms with Crippen molar-refractivity contribution in [3.8, 4) is 55.6 Å². The van der Waals surface area contributed by atoms with E-state index in [1.54, 1.807) is 0 Å². The summed E-state index contributed by atoms with van der Waals surface area (Å²) in [4.78, 5) is 2.43. The smallest absolute Gasteiger partial charge is 0.0540 e. The van der Waals surface area contributed by atoms with E-state index in [4.69, 9.17) is 0 Å². The first-order chi connectivity index (χ1) is 29.0. The molecule has 0 saturated carbocycles. The maximum absolute atomic E-state index is 2.43. The van der Waals surface area contributed by atoms with Gasteiger partial charge in [0.15, 0.2) is 0 Å². The number of fused-ring (bicyclic) bond motifs is 6. The van der Waals surface area contributed by atoms with E-state index in [0.717, 1.165) is 17.1 Å². The van der Waals surface area contributed by atoms with Gasteiger partial charge in [0.25, 0.3) is 0 Å². The summed E-state index contributed by atoms with van der Waals surface area (Å²) in [5.41, 5.74) is 18.4. The maximum atomic E-state index is 2.43. The Morgan fingerprint density at radius 3 is 1.56 bits per heavy atom. The normalized spacial score (nSPS) is 12.7. The Hall–Kier alpha value is -7.00. The molecule has 0 fully saturated rings. The third kappa shape index (κ3) is 5.99. The Bertz CT molecular complexity index is 3150. The second-order valence-electron chi connectivity index (χ2n) is 16.1. The van der Waals surface area contributed by atoms with E-state index in [1.165, 1.54) is 86.9 Å². The molecule has 1 aromatic heterocycles. The van der Waals surface area contributed by atoms with Crippen molar-refractivity contribution in [2.24, 2.45) is 0 Å². The highest BCUT2D eigenvalue weighted by molar-refractivity contribution is 7.25. The van der Waals surface area contributed by atoms with E-state index in [-0.39, 0.29) is 5.41 Å². The quantitative estimate of drug-likeness (QED) is 0.156. The topological polar surface area (TPSA) is 3.24 Å². The molecule has 10 aromatic rings. The highest BCUT2D eigenvalue weighted by Gasteiger charge is 2.37. The van der Waals surface area contributed by atoms with Gasteiger partial charge >= 0.3 is 0 Å². The van der Waals surface area contributed by atoms with Gasteiger partial charge in [0.1, 0.15) is 0 Å². The van der Waals surface area contributed by atoms with Gasteiger partial charge in [-0.05, 0) is 110 Å². The largest absolute Gasteiger partial charge is 0.310 e. The molecule has 0 unspecified atom stereocenters. The van der Waals surface area contributed by atoms with Gasteiger partial charge in [-0.3, -0.25) is 0 Å². The summed E-state index contributed by atoms with van der Waals surface area (Å²) in [7, 11) is 0. The number of para-hydroxylation sites is 1. The summed E-state index contributed by atoms with van der Waals surface area (Å²) in [6.45, 7) is 4.72. The molecule has 2 heteroatoms. The molecule has 0 atom stereocenters. The van der Waals surface area contributed by atoms with Crippen molar-refractivity contribution in [1.29, 1.82) is 0 Å². The fourth-order valence-corrected chi connectivity index (χ4v) is 10.4. The lowest BCUT2D eigenvalue weighted by Gasteiger charge is -2.29. The van der Waals surface area contributed by atoms with Crippen LogP contribution in [0.15, 0.2) is 212 Å². The third-order valence-corrected chi connectivity index (χ3v) is 13.5. The van der Waals surface area contributed by atoms with Gasteiger partial charge in [-0.1, -0.05) is 178 Å². The van der Waals surface area contributed by atoms with Gasteiger partial charge in [0, 0.05) is 42.5 Å². The minimum atomic E-state index is -0.0835. The average molecular weight is 772 g/mol. The summed E-state index contributed by atoms with van der Waals surface area (Å²) < 4.78 is 2.65. The minimum Gasteiger partial charge on any atom is -0.310 e. The molecular weight excluding hydrogens is 731 g/mol. The SMILES string of the molecule is CC1(C)c2ccccc2-c2c(-c3ccccc3N(c3ccc(-c4ccc(-c5ccccc5)cc4)cc3)c3ccc(-c4ccc5sc6ccccc6c5c4)cc3)cccc21. The van der Waals surface area contributed by atoms with E-state index >= 15 is 0 Å². The van der Waals surface area contributed by atoms with Crippen molar-refractivity contribution in [2.45, 2.75) is 19.3 Å². The van der Waals surface area contributed by atoms with Crippen LogP contribution in [-0.4, -0.2) is 0 Å². The Balaban J connectivity index is 1.03. The van der Waals surface area contributed by atoms with Crippen molar-refractivity contribution in [2.75, 3.05) is 4.90 Å². The number of anilines is 3. The van der Waals surface area contributed by atoms with Crippen LogP contribution in [0.1, 0.15) is 25.0 Å². The number of rotatable bonds is 7. The summed E-state index contributed by atoms with van der Waals surface area (Å²) >= 11 is 1.86. The van der Waals surface area contributed by atoms with E-state index in [9.17, 15) is 0 Å². The second-order valence-corrected chi connectivity index (χ2v) is 17.2. The fraction of sp³-hybridized carbons (Fsp3) is 0.0526. The Kier molecular flexibility index (Phi) is 8.43. The van der Waals surface area contributed by atoms with Crippen LogP contribution in [0.25, 0.3) is 75.8 Å². The predicted molar refractivity (Wildman–Crippen MR) is 253 cm³/mol. The van der Waals surface area contributed by atoms with Crippen LogP contribution in [-0.2, 0) is 5.41 Å². The maximum Gasteiger partial charge on any atom is 0.0540 e. The van der Waals surface area contributed by atoms with Crippen LogP contribution in [0, 0.1) is 0 Å². The van der Waals surface area contributed by atoms with E-state index in [2.05, 4.69) is 231 Å². The zero-order chi connectivity index (χ0) is 39.5. The molecule has 59 heavy (non-hydrogen) atoms. The summed E-state index contributed by atoms with van der Waals surface area (Å²) in [6, 6.07) is 78.0. The molecule has 0 spiro atoms. The number of benzene rings is 9. The number of thiophene rings is 1. The number of nitrogens with zero attached hydrogens (tertiary/aromatic N) is 1. The fourth-order valence-electron chi connectivity index (χ4n) is 9.30. The predicted octanol–water partition coefficient (Wildman–Crippen LogP) is 16.5. The van der Waals surface area contributed by atoms with Gasteiger partial charge in [-0.15, -0.1) is 11.3 Å². The molecule has 1 aliphatic rings. The molecule has 1 nitrogen and oxygen atoms in total. The van der Waals surface area contributed by atoms with Crippen LogP contribution in [0.5, 0.6) is 0 Å². The minimum absolute atomic E-state index is 0.0835. The Morgan fingerprint density at radius 2 is 0.847 bits per heavy atom. The van der Waals surface area contributed by atoms with Crippen LogP contribution in [0.3, 0.4) is 0 Å². The monoisotopic (exact) mass is 771 g/mol. The molecule has 1 heterocycles. The van der Waals surface area contributed by atoms with Crippen LogP contribution >= 0.6 is 11.3 Å². The highest BCUT2D eigenvalue weighted by Crippen LogP contribution is 2.54. The van der Waals surface area contributed by atoms with Crippen molar-refractivity contribution in [3.05, 3.63) is 223 Å². The standard InChI is InChI=1S/C57H41NS/c1-57(2)51-19-9-6-17-49(51)56-48(18-12-20-52(56)57)46-15-7-10-21-53(46)58(44-32-27-41(28-33-44)40-25-23-39(24-26-40)38-13-4-3-5-14-38)45-34-29-42(30-35-45)43-31-36-55-50(37-43)47-16-8-11-22-54(47)59-55/h3-37H,1-2H3. The lowest BCUT2D eigenvalue weighted by molar-refractivity contribution is 0.660. The van der Waals surface area contributed by atoms with Crippen LogP contribution in [0.2, 0.25) is 0 Å². The van der Waals surface area contributed by atoms with Crippen molar-refractivity contribution in [3.63, 3.8) is 0 Å². The van der Waals surface area contributed by atoms with Gasteiger partial charge in [0.2, 0.25) is 0 Å². The van der Waals surface area contributed by atoms with E-state index < -0.39 is 0 Å². The second kappa shape index (κ2) is 14.1. The molecular formula is C57H41NS. The van der Waals surface area contributed by atoms with E-state index in [0.29, 0.717) is 0 Å². The van der Waals surface area contributed by atoms with E-state index in [1.807, 2.05) is 11.3 Å². The zero-order valence-corrected chi connectivity index (χ0v) is 33.9. The highest BCUT2D eigenvalue weighted by atomic mass is 32.1. The molecule has 0 aliphatic heterocycles. The van der Waals surface area contributed by atoms with Crippen LogP contribution in [0.4, 0.5) is 17.1 Å². The van der Waals surface area contributed by atoms with Gasteiger partial charge in [0.05, 0.1) is 5.69 Å². The lowest BCUT2D eigenvalue weighted by atomic mass is 9.82.